The summed E-state index contributed by atoms with van der Waals surface area (Å²) in [6.45, 7) is 2.16. The third-order valence-corrected chi connectivity index (χ3v) is 2.71. The highest BCUT2D eigenvalue weighted by Gasteiger charge is 2.11. The van der Waals surface area contributed by atoms with Gasteiger partial charge in [-0.15, -0.1) is 0 Å². The van der Waals surface area contributed by atoms with E-state index >= 15 is 0 Å². The highest BCUT2D eigenvalue weighted by atomic mass is 16.5. The molecule has 0 fully saturated rings. The lowest BCUT2D eigenvalue weighted by Crippen LogP contribution is -2.34. The van der Waals surface area contributed by atoms with Gasteiger partial charge < -0.3 is 20.3 Å². The van der Waals surface area contributed by atoms with Crippen LogP contribution in [0.2, 0.25) is 0 Å². The van der Waals surface area contributed by atoms with Crippen LogP contribution < -0.4 is 10.6 Å². The summed E-state index contributed by atoms with van der Waals surface area (Å²) in [4.78, 5) is 23.4. The summed E-state index contributed by atoms with van der Waals surface area (Å²) in [6, 6.07) is 7.76. The van der Waals surface area contributed by atoms with Crippen molar-refractivity contribution in [2.75, 3.05) is 13.1 Å². The van der Waals surface area contributed by atoms with Crippen LogP contribution in [0.1, 0.15) is 26.6 Å². The molecule has 0 spiro atoms. The van der Waals surface area contributed by atoms with Gasteiger partial charge in [0.1, 0.15) is 11.5 Å². The number of rotatable bonds is 5. The Morgan fingerprint density at radius 1 is 1.19 bits per heavy atom. The molecule has 2 amide bonds. The number of phenolic OH excluding ortho intramolecular Hbond substituents is 1. The Labute approximate surface area is 120 Å². The molecule has 0 saturated carbocycles. The van der Waals surface area contributed by atoms with E-state index in [4.69, 9.17) is 4.52 Å². The van der Waals surface area contributed by atoms with Crippen LogP contribution in [0.25, 0.3) is 0 Å². The van der Waals surface area contributed by atoms with E-state index in [1.165, 1.54) is 18.2 Å². The maximum atomic E-state index is 11.8. The van der Waals surface area contributed by atoms with Crippen molar-refractivity contribution in [1.82, 2.24) is 15.8 Å². The number of amides is 2. The van der Waals surface area contributed by atoms with E-state index in [0.717, 1.165) is 0 Å². The van der Waals surface area contributed by atoms with Gasteiger partial charge in [0.15, 0.2) is 5.69 Å². The van der Waals surface area contributed by atoms with Crippen molar-refractivity contribution >= 4 is 11.8 Å². The topological polar surface area (TPSA) is 104 Å². The van der Waals surface area contributed by atoms with Crippen LogP contribution >= 0.6 is 0 Å². The Balaban J connectivity index is 1.76. The molecule has 1 aromatic carbocycles. The number of benzene rings is 1. The van der Waals surface area contributed by atoms with Gasteiger partial charge in [-0.1, -0.05) is 17.3 Å². The lowest BCUT2D eigenvalue weighted by Gasteiger charge is -2.07. The smallest absolute Gasteiger partial charge is 0.273 e. The summed E-state index contributed by atoms with van der Waals surface area (Å²) in [5.74, 6) is -0.312. The second-order valence-corrected chi connectivity index (χ2v) is 4.35. The van der Waals surface area contributed by atoms with Crippen molar-refractivity contribution < 1.29 is 19.2 Å². The molecule has 0 aliphatic rings. The van der Waals surface area contributed by atoms with Gasteiger partial charge in [-0.3, -0.25) is 9.59 Å². The van der Waals surface area contributed by atoms with Gasteiger partial charge in [0, 0.05) is 19.2 Å². The summed E-state index contributed by atoms with van der Waals surface area (Å²) in [7, 11) is 0. The summed E-state index contributed by atoms with van der Waals surface area (Å²) in [5, 5.41) is 18.3. The zero-order valence-corrected chi connectivity index (χ0v) is 11.4. The number of para-hydroxylation sites is 1. The summed E-state index contributed by atoms with van der Waals surface area (Å²) in [5.41, 5.74) is 0.385. The molecule has 3 N–H and O–H groups in total. The van der Waals surface area contributed by atoms with Gasteiger partial charge in [0.25, 0.3) is 11.8 Å². The van der Waals surface area contributed by atoms with E-state index in [2.05, 4.69) is 15.8 Å². The van der Waals surface area contributed by atoms with Crippen LogP contribution in [0.3, 0.4) is 0 Å². The molecule has 0 aliphatic carbocycles. The molecule has 1 heterocycles. The van der Waals surface area contributed by atoms with Gasteiger partial charge in [0.2, 0.25) is 0 Å². The van der Waals surface area contributed by atoms with Crippen LogP contribution in [0.15, 0.2) is 34.9 Å². The minimum absolute atomic E-state index is 0.0860. The Bertz CT molecular complexity index is 651. The fraction of sp³-hybridized carbons (Fsp3) is 0.214. The molecule has 0 radical (unpaired) electrons. The molecule has 21 heavy (non-hydrogen) atoms. The third-order valence-electron chi connectivity index (χ3n) is 2.71. The molecular formula is C14H15N3O4. The SMILES string of the molecule is Cc1cc(C(=O)NCCNC(=O)c2ccccc2O)no1. The molecule has 0 atom stereocenters. The molecule has 0 saturated heterocycles. The van der Waals surface area contributed by atoms with Crippen LogP contribution in [0, 0.1) is 6.92 Å². The molecule has 0 aliphatic heterocycles. The molecule has 7 nitrogen and oxygen atoms in total. The Morgan fingerprint density at radius 3 is 2.48 bits per heavy atom. The van der Waals surface area contributed by atoms with Crippen molar-refractivity contribution in [2.45, 2.75) is 6.92 Å². The second kappa shape index (κ2) is 6.56. The van der Waals surface area contributed by atoms with Crippen LogP contribution in [0.4, 0.5) is 0 Å². The Morgan fingerprint density at radius 2 is 1.86 bits per heavy atom. The van der Waals surface area contributed by atoms with Crippen molar-refractivity contribution in [3.63, 3.8) is 0 Å². The van der Waals surface area contributed by atoms with Crippen LogP contribution in [-0.4, -0.2) is 35.2 Å². The monoisotopic (exact) mass is 289 g/mol. The third kappa shape index (κ3) is 3.82. The zero-order valence-electron chi connectivity index (χ0n) is 11.4. The van der Waals surface area contributed by atoms with E-state index in [0.29, 0.717) is 5.76 Å². The zero-order chi connectivity index (χ0) is 15.2. The minimum Gasteiger partial charge on any atom is -0.507 e. The largest absolute Gasteiger partial charge is 0.507 e. The normalized spacial score (nSPS) is 10.1. The summed E-state index contributed by atoms with van der Waals surface area (Å²) in [6.07, 6.45) is 0. The highest BCUT2D eigenvalue weighted by Crippen LogP contribution is 2.14. The average molecular weight is 289 g/mol. The van der Waals surface area contributed by atoms with Crippen molar-refractivity contribution in [3.8, 4) is 5.75 Å². The van der Waals surface area contributed by atoms with Gasteiger partial charge in [-0.2, -0.15) is 0 Å². The maximum Gasteiger partial charge on any atom is 0.273 e. The van der Waals surface area contributed by atoms with E-state index in [-0.39, 0.29) is 36.0 Å². The lowest BCUT2D eigenvalue weighted by atomic mass is 10.2. The summed E-state index contributed by atoms with van der Waals surface area (Å²) < 4.78 is 4.79. The number of nitrogens with one attached hydrogen (secondary N) is 2. The molecule has 0 bridgehead atoms. The van der Waals surface area contributed by atoms with Crippen LogP contribution in [-0.2, 0) is 0 Å². The van der Waals surface area contributed by atoms with Crippen molar-refractivity contribution in [1.29, 1.82) is 0 Å². The predicted molar refractivity (Wildman–Crippen MR) is 74.0 cm³/mol. The van der Waals surface area contributed by atoms with Crippen molar-refractivity contribution in [2.24, 2.45) is 0 Å². The van der Waals surface area contributed by atoms with Gasteiger partial charge in [0.05, 0.1) is 5.56 Å². The van der Waals surface area contributed by atoms with Crippen LogP contribution in [0.5, 0.6) is 5.75 Å². The molecule has 1 aromatic heterocycles. The fourth-order valence-electron chi connectivity index (χ4n) is 1.68. The van der Waals surface area contributed by atoms with Gasteiger partial charge in [-0.05, 0) is 19.1 Å². The number of nitrogens with zero attached hydrogens (tertiary/aromatic N) is 1. The Kier molecular flexibility index (Phi) is 4.55. The number of aromatic hydroxyl groups is 1. The first-order valence-electron chi connectivity index (χ1n) is 6.35. The first-order chi connectivity index (χ1) is 10.1. The fourth-order valence-corrected chi connectivity index (χ4v) is 1.68. The number of aromatic nitrogens is 1. The average Bonchev–Trinajstić information content (AvgIpc) is 2.90. The molecule has 7 heteroatoms. The van der Waals surface area contributed by atoms with E-state index < -0.39 is 5.91 Å². The standard InChI is InChI=1S/C14H15N3O4/c1-9-8-11(17-21-9)14(20)16-7-6-15-13(19)10-4-2-3-5-12(10)18/h2-5,8,18H,6-7H2,1H3,(H,15,19)(H,16,20). The van der Waals surface area contributed by atoms with E-state index in [9.17, 15) is 14.7 Å². The van der Waals surface area contributed by atoms with E-state index in [1.54, 1.807) is 19.1 Å². The first kappa shape index (κ1) is 14.6. The van der Waals surface area contributed by atoms with Crippen molar-refractivity contribution in [3.05, 3.63) is 47.3 Å². The number of carbonyl (C=O) groups is 2. The lowest BCUT2D eigenvalue weighted by molar-refractivity contribution is 0.0921. The minimum atomic E-state index is -0.403. The molecule has 0 unspecified atom stereocenters. The number of hydrogen-bond donors (Lipinski definition) is 3. The predicted octanol–water partition coefficient (Wildman–Crippen LogP) is 0.848. The highest BCUT2D eigenvalue weighted by molar-refractivity contribution is 5.96. The molecule has 110 valence electrons. The summed E-state index contributed by atoms with van der Waals surface area (Å²) >= 11 is 0. The number of carbonyl (C=O) groups excluding carboxylic acids is 2. The Hall–Kier alpha value is -2.83. The van der Waals surface area contributed by atoms with E-state index in [1.807, 2.05) is 0 Å². The molecule has 2 rings (SSSR count). The molecular weight excluding hydrogens is 274 g/mol. The van der Waals surface area contributed by atoms with Gasteiger partial charge >= 0.3 is 0 Å². The second-order valence-electron chi connectivity index (χ2n) is 4.35. The maximum absolute atomic E-state index is 11.8. The quantitative estimate of drug-likeness (QED) is 0.708. The van der Waals surface area contributed by atoms with Gasteiger partial charge in [-0.25, -0.2) is 0 Å². The number of hydrogen-bond acceptors (Lipinski definition) is 5. The first-order valence-corrected chi connectivity index (χ1v) is 6.35. The number of aryl methyl sites for hydroxylation is 1. The molecule has 2 aromatic rings. The number of phenols is 1.